The predicted octanol–water partition coefficient (Wildman–Crippen LogP) is 3.99. The van der Waals surface area contributed by atoms with Crippen LogP contribution in [0.2, 0.25) is 0 Å². The van der Waals surface area contributed by atoms with Crippen molar-refractivity contribution in [2.24, 2.45) is 0 Å². The summed E-state index contributed by atoms with van der Waals surface area (Å²) in [4.78, 5) is 7.03. The van der Waals surface area contributed by atoms with Gasteiger partial charge in [-0.3, -0.25) is 0 Å². The van der Waals surface area contributed by atoms with Crippen molar-refractivity contribution in [2.45, 2.75) is 26.1 Å². The minimum Gasteiger partial charge on any atom is -0.370 e. The number of hydrogen-bond donors (Lipinski definition) is 2. The summed E-state index contributed by atoms with van der Waals surface area (Å²) in [6.45, 7) is 2.90. The van der Waals surface area contributed by atoms with Gasteiger partial charge in [0, 0.05) is 19.2 Å². The number of rotatable bonds is 6. The lowest BCUT2D eigenvalue weighted by Crippen LogP contribution is -2.15. The van der Waals surface area contributed by atoms with Crippen molar-refractivity contribution in [3.05, 3.63) is 34.3 Å². The van der Waals surface area contributed by atoms with Crippen LogP contribution in [0.25, 0.3) is 0 Å². The van der Waals surface area contributed by atoms with Gasteiger partial charge in [0.05, 0.1) is 0 Å². The number of anilines is 2. The van der Waals surface area contributed by atoms with Crippen molar-refractivity contribution < 1.29 is 13.2 Å². The first kappa shape index (κ1) is 15.6. The molecule has 0 aliphatic heterocycles. The number of thiophene rings is 1. The maximum atomic E-state index is 12.8. The van der Waals surface area contributed by atoms with E-state index >= 15 is 0 Å². The van der Waals surface area contributed by atoms with E-state index in [-0.39, 0.29) is 11.6 Å². The highest BCUT2D eigenvalue weighted by molar-refractivity contribution is 7.07. The molecule has 8 heteroatoms. The Morgan fingerprint density at radius 2 is 1.90 bits per heavy atom. The zero-order chi connectivity index (χ0) is 15.3. The number of aromatic nitrogens is 2. The van der Waals surface area contributed by atoms with E-state index in [0.717, 1.165) is 12.0 Å². The van der Waals surface area contributed by atoms with Crippen LogP contribution < -0.4 is 10.6 Å². The number of hydrogen-bond acceptors (Lipinski definition) is 5. The summed E-state index contributed by atoms with van der Waals surface area (Å²) in [5.41, 5.74) is 0.996. The molecule has 21 heavy (non-hydrogen) atoms. The molecule has 0 spiro atoms. The van der Waals surface area contributed by atoms with E-state index in [0.29, 0.717) is 13.1 Å². The minimum absolute atomic E-state index is 0.155. The van der Waals surface area contributed by atoms with Gasteiger partial charge in [0.25, 0.3) is 0 Å². The predicted molar refractivity (Wildman–Crippen MR) is 77.5 cm³/mol. The van der Waals surface area contributed by atoms with Gasteiger partial charge in [0.2, 0.25) is 5.82 Å². The third-order valence-corrected chi connectivity index (χ3v) is 3.32. The average Bonchev–Trinajstić information content (AvgIpc) is 2.95. The Bertz CT molecular complexity index is 569. The van der Waals surface area contributed by atoms with Crippen LogP contribution in [-0.4, -0.2) is 16.5 Å². The van der Waals surface area contributed by atoms with E-state index < -0.39 is 12.0 Å². The highest BCUT2D eigenvalue weighted by atomic mass is 32.1. The van der Waals surface area contributed by atoms with Crippen LogP contribution in [0, 0.1) is 0 Å². The second kappa shape index (κ2) is 6.75. The molecule has 2 aromatic rings. The topological polar surface area (TPSA) is 49.8 Å². The Labute approximate surface area is 124 Å². The molecular weight excluding hydrogens is 301 g/mol. The van der Waals surface area contributed by atoms with E-state index in [1.807, 2.05) is 23.8 Å². The van der Waals surface area contributed by atoms with Crippen molar-refractivity contribution in [3.63, 3.8) is 0 Å². The Morgan fingerprint density at radius 1 is 1.19 bits per heavy atom. The van der Waals surface area contributed by atoms with Gasteiger partial charge in [-0.05, 0) is 28.8 Å². The molecule has 0 aromatic carbocycles. The molecule has 4 nitrogen and oxygen atoms in total. The minimum atomic E-state index is -4.57. The summed E-state index contributed by atoms with van der Waals surface area (Å²) in [5, 5.41) is 9.58. The van der Waals surface area contributed by atoms with Crippen molar-refractivity contribution in [2.75, 3.05) is 17.2 Å². The smallest absolute Gasteiger partial charge is 0.370 e. The molecule has 0 aliphatic rings. The van der Waals surface area contributed by atoms with Crippen LogP contribution in [-0.2, 0) is 12.7 Å². The van der Waals surface area contributed by atoms with Crippen molar-refractivity contribution in [1.29, 1.82) is 0 Å². The highest BCUT2D eigenvalue weighted by Gasteiger charge is 2.35. The molecule has 0 radical (unpaired) electrons. The van der Waals surface area contributed by atoms with Crippen LogP contribution in [0.5, 0.6) is 0 Å². The van der Waals surface area contributed by atoms with Crippen LogP contribution in [0.4, 0.5) is 24.8 Å². The Balaban J connectivity index is 2.17. The molecule has 2 aromatic heterocycles. The van der Waals surface area contributed by atoms with Gasteiger partial charge >= 0.3 is 6.18 Å². The van der Waals surface area contributed by atoms with Crippen molar-refractivity contribution >= 4 is 23.0 Å². The van der Waals surface area contributed by atoms with Gasteiger partial charge in [0.15, 0.2) is 0 Å². The van der Waals surface area contributed by atoms with Gasteiger partial charge in [-0.2, -0.15) is 24.5 Å². The fraction of sp³-hybridized carbons (Fsp3) is 0.385. The normalized spacial score (nSPS) is 11.4. The van der Waals surface area contributed by atoms with Crippen LogP contribution >= 0.6 is 11.3 Å². The SMILES string of the molecule is CCCNc1cc(NCc2ccsc2)nc(C(F)(F)F)n1. The third-order valence-electron chi connectivity index (χ3n) is 2.59. The van der Waals surface area contributed by atoms with Gasteiger partial charge in [-0.1, -0.05) is 6.92 Å². The van der Waals surface area contributed by atoms with Gasteiger partial charge in [-0.25, -0.2) is 9.97 Å². The molecule has 0 aliphatic carbocycles. The van der Waals surface area contributed by atoms with Gasteiger partial charge in [0.1, 0.15) is 11.6 Å². The first-order valence-corrected chi connectivity index (χ1v) is 7.38. The number of nitrogens with one attached hydrogen (secondary N) is 2. The average molecular weight is 316 g/mol. The summed E-state index contributed by atoms with van der Waals surface area (Å²) in [6, 6.07) is 3.39. The molecule has 0 fully saturated rings. The highest BCUT2D eigenvalue weighted by Crippen LogP contribution is 2.28. The van der Waals surface area contributed by atoms with Crippen molar-refractivity contribution in [3.8, 4) is 0 Å². The largest absolute Gasteiger partial charge is 0.451 e. The molecular formula is C13H15F3N4S. The van der Waals surface area contributed by atoms with Gasteiger partial charge < -0.3 is 10.6 Å². The van der Waals surface area contributed by atoms with Crippen LogP contribution in [0.15, 0.2) is 22.9 Å². The molecule has 2 rings (SSSR count). The van der Waals surface area contributed by atoms with Gasteiger partial charge in [-0.15, -0.1) is 0 Å². The molecule has 0 saturated heterocycles. The maximum Gasteiger partial charge on any atom is 0.451 e. The third kappa shape index (κ3) is 4.59. The van der Waals surface area contributed by atoms with E-state index in [1.54, 1.807) is 0 Å². The fourth-order valence-electron chi connectivity index (χ4n) is 1.59. The fourth-order valence-corrected chi connectivity index (χ4v) is 2.26. The second-order valence-corrected chi connectivity index (χ2v) is 5.15. The lowest BCUT2D eigenvalue weighted by molar-refractivity contribution is -0.144. The quantitative estimate of drug-likeness (QED) is 0.846. The Kier molecular flexibility index (Phi) is 5.00. The summed E-state index contributed by atoms with van der Waals surface area (Å²) >= 11 is 1.53. The first-order valence-electron chi connectivity index (χ1n) is 6.44. The first-order chi connectivity index (χ1) is 9.99. The summed E-state index contributed by atoms with van der Waals surface area (Å²) < 4.78 is 38.4. The number of alkyl halides is 3. The Morgan fingerprint density at radius 3 is 2.48 bits per heavy atom. The van der Waals surface area contributed by atoms with Crippen molar-refractivity contribution in [1.82, 2.24) is 9.97 Å². The molecule has 0 amide bonds. The summed E-state index contributed by atoms with van der Waals surface area (Å²) in [6.07, 6.45) is -3.77. The summed E-state index contributed by atoms with van der Waals surface area (Å²) in [7, 11) is 0. The van der Waals surface area contributed by atoms with E-state index in [2.05, 4.69) is 20.6 Å². The molecule has 0 bridgehead atoms. The second-order valence-electron chi connectivity index (χ2n) is 4.37. The van der Waals surface area contributed by atoms with Crippen LogP contribution in [0.3, 0.4) is 0 Å². The molecule has 0 unspecified atom stereocenters. The number of nitrogens with zero attached hydrogens (tertiary/aromatic N) is 2. The maximum absolute atomic E-state index is 12.8. The lowest BCUT2D eigenvalue weighted by Gasteiger charge is -2.12. The molecule has 0 saturated carbocycles. The van der Waals surface area contributed by atoms with E-state index in [9.17, 15) is 13.2 Å². The zero-order valence-electron chi connectivity index (χ0n) is 11.4. The molecule has 2 heterocycles. The van der Waals surface area contributed by atoms with Crippen LogP contribution in [0.1, 0.15) is 24.7 Å². The molecule has 114 valence electrons. The van der Waals surface area contributed by atoms with E-state index in [4.69, 9.17) is 0 Å². The molecule has 2 N–H and O–H groups in total. The molecule has 0 atom stereocenters. The Hall–Kier alpha value is -1.83. The number of halogens is 3. The standard InChI is InChI=1S/C13H15F3N4S/c1-2-4-17-10-6-11(18-7-9-3-5-21-8-9)20-12(19-10)13(14,15)16/h3,5-6,8H,2,4,7H2,1H3,(H2,17,18,19,20). The summed E-state index contributed by atoms with van der Waals surface area (Å²) in [5.74, 6) is -0.814. The monoisotopic (exact) mass is 316 g/mol. The van der Waals surface area contributed by atoms with E-state index in [1.165, 1.54) is 17.4 Å². The lowest BCUT2D eigenvalue weighted by atomic mass is 10.3. The zero-order valence-corrected chi connectivity index (χ0v) is 12.2.